The van der Waals surface area contributed by atoms with Gasteiger partial charge in [-0.15, -0.1) is 21.5 Å². The number of carbonyl (C=O) groups is 1. The highest BCUT2D eigenvalue weighted by Gasteiger charge is 2.26. The smallest absolute Gasteiger partial charge is 0.227 e. The maximum Gasteiger partial charge on any atom is 0.227 e. The topological polar surface area (TPSA) is 58.1 Å². The average molecular weight is 393 g/mol. The minimum absolute atomic E-state index is 0.0366. The molecule has 0 aliphatic carbocycles. The van der Waals surface area contributed by atoms with Gasteiger partial charge in [0.25, 0.3) is 0 Å². The molecular formula is C22H24N4OS. The highest BCUT2D eigenvalue weighted by molar-refractivity contribution is 7.13. The van der Waals surface area contributed by atoms with Crippen molar-refractivity contribution in [3.05, 3.63) is 59.0 Å². The van der Waals surface area contributed by atoms with Crippen LogP contribution in [0.15, 0.2) is 47.8 Å². The van der Waals surface area contributed by atoms with Crippen molar-refractivity contribution in [2.24, 2.45) is 5.92 Å². The fraction of sp³-hybridized carbons (Fsp3) is 0.318. The number of nitrogens with zero attached hydrogens (tertiary/aromatic N) is 3. The molecule has 2 aromatic heterocycles. The highest BCUT2D eigenvalue weighted by atomic mass is 32.1. The highest BCUT2D eigenvalue weighted by Crippen LogP contribution is 2.26. The van der Waals surface area contributed by atoms with Gasteiger partial charge in [0.2, 0.25) is 5.91 Å². The molecule has 28 heavy (non-hydrogen) atoms. The Bertz CT molecular complexity index is 945. The van der Waals surface area contributed by atoms with E-state index < -0.39 is 0 Å². The molecule has 1 aliphatic heterocycles. The van der Waals surface area contributed by atoms with Gasteiger partial charge in [-0.05, 0) is 67.5 Å². The number of hydrogen-bond donors (Lipinski definition) is 1. The standard InChI is InChI=1S/C22H24N4OS/c1-15-5-3-6-18(16(15)2)23-22(27)17-10-12-26(13-11-17)21-9-8-19(24-25-21)20-7-4-14-28-20/h3-9,14,17H,10-13H2,1-2H3,(H,23,27). The molecule has 1 saturated heterocycles. The van der Waals surface area contributed by atoms with Crippen molar-refractivity contribution in [3.63, 3.8) is 0 Å². The fourth-order valence-electron chi connectivity index (χ4n) is 3.54. The second-order valence-electron chi connectivity index (χ2n) is 7.25. The van der Waals surface area contributed by atoms with Crippen LogP contribution in [0.3, 0.4) is 0 Å². The first kappa shape index (κ1) is 18.6. The molecule has 3 heterocycles. The monoisotopic (exact) mass is 392 g/mol. The second kappa shape index (κ2) is 8.10. The van der Waals surface area contributed by atoms with E-state index in [9.17, 15) is 4.79 Å². The molecule has 0 bridgehead atoms. The minimum Gasteiger partial charge on any atom is -0.355 e. The van der Waals surface area contributed by atoms with Gasteiger partial charge in [0.15, 0.2) is 5.82 Å². The van der Waals surface area contributed by atoms with Gasteiger partial charge in [0.05, 0.1) is 4.88 Å². The molecule has 0 atom stereocenters. The van der Waals surface area contributed by atoms with Crippen molar-refractivity contribution in [2.75, 3.05) is 23.3 Å². The van der Waals surface area contributed by atoms with E-state index in [0.717, 1.165) is 53.6 Å². The first-order chi connectivity index (χ1) is 13.6. The van der Waals surface area contributed by atoms with Gasteiger partial charge in [-0.25, -0.2) is 0 Å². The number of hydrogen-bond acceptors (Lipinski definition) is 5. The van der Waals surface area contributed by atoms with Crippen LogP contribution in [0.2, 0.25) is 0 Å². The van der Waals surface area contributed by atoms with E-state index in [0.29, 0.717) is 0 Å². The Balaban J connectivity index is 1.35. The number of thiophene rings is 1. The van der Waals surface area contributed by atoms with E-state index in [1.165, 1.54) is 5.56 Å². The average Bonchev–Trinajstić information content (AvgIpc) is 3.26. The largest absolute Gasteiger partial charge is 0.355 e. The van der Waals surface area contributed by atoms with Crippen LogP contribution in [0.25, 0.3) is 10.6 Å². The molecule has 144 valence electrons. The van der Waals surface area contributed by atoms with E-state index in [1.54, 1.807) is 11.3 Å². The number of piperidine rings is 1. The lowest BCUT2D eigenvalue weighted by Gasteiger charge is -2.32. The molecule has 1 aliphatic rings. The molecule has 6 heteroatoms. The van der Waals surface area contributed by atoms with Crippen LogP contribution < -0.4 is 10.2 Å². The number of aryl methyl sites for hydroxylation is 1. The lowest BCUT2D eigenvalue weighted by molar-refractivity contribution is -0.120. The zero-order valence-electron chi connectivity index (χ0n) is 16.2. The molecule has 5 nitrogen and oxygen atoms in total. The summed E-state index contributed by atoms with van der Waals surface area (Å²) in [5, 5.41) is 13.9. The maximum absolute atomic E-state index is 12.7. The first-order valence-corrected chi connectivity index (χ1v) is 10.5. The van der Waals surface area contributed by atoms with Crippen LogP contribution in [0.1, 0.15) is 24.0 Å². The molecule has 1 fully saturated rings. The van der Waals surface area contributed by atoms with Crippen molar-refractivity contribution in [1.29, 1.82) is 0 Å². The van der Waals surface area contributed by atoms with Gasteiger partial charge in [-0.1, -0.05) is 18.2 Å². The molecule has 1 aromatic carbocycles. The zero-order chi connectivity index (χ0) is 19.5. The Labute approximate surface area is 169 Å². The Morgan fingerprint density at radius 1 is 1.07 bits per heavy atom. The summed E-state index contributed by atoms with van der Waals surface area (Å²) in [6.45, 7) is 5.75. The van der Waals surface area contributed by atoms with Crippen LogP contribution in [0, 0.1) is 19.8 Å². The number of anilines is 2. The van der Waals surface area contributed by atoms with E-state index in [1.807, 2.05) is 42.6 Å². The Morgan fingerprint density at radius 2 is 1.89 bits per heavy atom. The maximum atomic E-state index is 12.7. The zero-order valence-corrected chi connectivity index (χ0v) is 17.0. The van der Waals surface area contributed by atoms with E-state index in [-0.39, 0.29) is 11.8 Å². The minimum atomic E-state index is 0.0366. The number of nitrogens with one attached hydrogen (secondary N) is 1. The lowest BCUT2D eigenvalue weighted by atomic mass is 9.95. The van der Waals surface area contributed by atoms with Gasteiger partial charge >= 0.3 is 0 Å². The predicted octanol–water partition coefficient (Wildman–Crippen LogP) is 4.68. The van der Waals surface area contributed by atoms with E-state index in [4.69, 9.17) is 0 Å². The Morgan fingerprint density at radius 3 is 2.57 bits per heavy atom. The summed E-state index contributed by atoms with van der Waals surface area (Å²) in [6.07, 6.45) is 1.65. The van der Waals surface area contributed by atoms with Crippen molar-refractivity contribution >= 4 is 28.7 Å². The first-order valence-electron chi connectivity index (χ1n) is 9.61. The molecule has 0 spiro atoms. The molecular weight excluding hydrogens is 368 g/mol. The van der Waals surface area contributed by atoms with Crippen LogP contribution >= 0.6 is 11.3 Å². The summed E-state index contributed by atoms with van der Waals surface area (Å²) in [6, 6.07) is 14.1. The third-order valence-electron chi connectivity index (χ3n) is 5.48. The Hall–Kier alpha value is -2.73. The van der Waals surface area contributed by atoms with Crippen LogP contribution in [0.5, 0.6) is 0 Å². The Kier molecular flexibility index (Phi) is 5.39. The number of benzene rings is 1. The summed E-state index contributed by atoms with van der Waals surface area (Å²) in [5.74, 6) is 1.04. The van der Waals surface area contributed by atoms with Gasteiger partial charge in [-0.3, -0.25) is 4.79 Å². The molecule has 1 N–H and O–H groups in total. The number of rotatable bonds is 4. The summed E-state index contributed by atoms with van der Waals surface area (Å²) in [5.41, 5.74) is 4.15. The molecule has 0 radical (unpaired) electrons. The van der Waals surface area contributed by atoms with Gasteiger partial charge in [0, 0.05) is 24.7 Å². The van der Waals surface area contributed by atoms with Crippen LogP contribution in [0.4, 0.5) is 11.5 Å². The van der Waals surface area contributed by atoms with Crippen molar-refractivity contribution < 1.29 is 4.79 Å². The second-order valence-corrected chi connectivity index (χ2v) is 8.20. The number of aromatic nitrogens is 2. The molecule has 1 amide bonds. The van der Waals surface area contributed by atoms with Crippen molar-refractivity contribution in [3.8, 4) is 10.6 Å². The molecule has 3 aromatic rings. The SMILES string of the molecule is Cc1cccc(NC(=O)C2CCN(c3ccc(-c4cccs4)nn3)CC2)c1C. The predicted molar refractivity (Wildman–Crippen MR) is 115 cm³/mol. The third kappa shape index (κ3) is 3.92. The number of carbonyl (C=O) groups excluding carboxylic acids is 1. The van der Waals surface area contributed by atoms with Crippen LogP contribution in [-0.2, 0) is 4.79 Å². The normalized spacial score (nSPS) is 14.9. The quantitative estimate of drug-likeness (QED) is 0.701. The van der Waals surface area contributed by atoms with Gasteiger partial charge < -0.3 is 10.2 Å². The van der Waals surface area contributed by atoms with Gasteiger partial charge in [0.1, 0.15) is 5.69 Å². The number of amides is 1. The summed E-state index contributed by atoms with van der Waals surface area (Å²) in [7, 11) is 0. The van der Waals surface area contributed by atoms with Gasteiger partial charge in [-0.2, -0.15) is 0 Å². The molecule has 4 rings (SSSR count). The summed E-state index contributed by atoms with van der Waals surface area (Å²) < 4.78 is 0. The van der Waals surface area contributed by atoms with E-state index in [2.05, 4.69) is 39.5 Å². The summed E-state index contributed by atoms with van der Waals surface area (Å²) in [4.78, 5) is 16.0. The van der Waals surface area contributed by atoms with Crippen molar-refractivity contribution in [1.82, 2.24) is 10.2 Å². The third-order valence-corrected chi connectivity index (χ3v) is 6.37. The van der Waals surface area contributed by atoms with Crippen molar-refractivity contribution in [2.45, 2.75) is 26.7 Å². The molecule has 0 saturated carbocycles. The summed E-state index contributed by atoms with van der Waals surface area (Å²) >= 11 is 1.66. The van der Waals surface area contributed by atoms with E-state index >= 15 is 0 Å². The lowest BCUT2D eigenvalue weighted by Crippen LogP contribution is -2.38. The fourth-order valence-corrected chi connectivity index (χ4v) is 4.23. The van der Waals surface area contributed by atoms with Crippen LogP contribution in [-0.4, -0.2) is 29.2 Å². The molecule has 0 unspecified atom stereocenters.